The first kappa shape index (κ1) is 20.4. The van der Waals surface area contributed by atoms with Crippen molar-refractivity contribution >= 4 is 45.7 Å². The molecule has 0 saturated carbocycles. The molecular weight excluding hydrogens is 407 g/mol. The van der Waals surface area contributed by atoms with Crippen LogP contribution in [0, 0.1) is 0 Å². The van der Waals surface area contributed by atoms with Crippen molar-refractivity contribution in [3.05, 3.63) is 0 Å². The van der Waals surface area contributed by atoms with Crippen molar-refractivity contribution in [1.82, 2.24) is 16.0 Å². The Morgan fingerprint density at radius 1 is 1.29 bits per heavy atom. The summed E-state index contributed by atoms with van der Waals surface area (Å²) in [6.07, 6.45) is 1.46. The van der Waals surface area contributed by atoms with Crippen LogP contribution in [0.5, 0.6) is 0 Å². The van der Waals surface area contributed by atoms with Gasteiger partial charge >= 0.3 is 0 Å². The summed E-state index contributed by atoms with van der Waals surface area (Å²) in [6.45, 7) is 5.23. The molecule has 21 heavy (non-hydrogen) atoms. The first-order valence-corrected chi connectivity index (χ1v) is 8.81. The second kappa shape index (κ2) is 10.2. The zero-order chi connectivity index (χ0) is 15.0. The molecule has 9 heteroatoms. The summed E-state index contributed by atoms with van der Waals surface area (Å²) in [7, 11) is -2.92. The van der Waals surface area contributed by atoms with Gasteiger partial charge in [-0.05, 0) is 19.8 Å². The Balaban J connectivity index is 0.00000400. The molecular formula is C12H25IN4O3S. The topological polar surface area (TPSA) is 99.7 Å². The third-order valence-electron chi connectivity index (χ3n) is 2.87. The lowest BCUT2D eigenvalue weighted by Crippen LogP contribution is -2.44. The molecule has 1 fully saturated rings. The SMILES string of the molecule is CCCNC(=O)CN=C(NCC)NC1CCS(=O)(=O)C1.I. The first-order valence-electron chi connectivity index (χ1n) is 6.98. The number of hydrogen-bond donors (Lipinski definition) is 3. The zero-order valence-corrected chi connectivity index (χ0v) is 15.7. The average Bonchev–Trinajstić information content (AvgIpc) is 2.73. The van der Waals surface area contributed by atoms with Gasteiger partial charge in [0.05, 0.1) is 11.5 Å². The number of halogens is 1. The second-order valence-electron chi connectivity index (χ2n) is 4.79. The summed E-state index contributed by atoms with van der Waals surface area (Å²) in [5.41, 5.74) is 0. The Hall–Kier alpha value is -0.580. The number of carbonyl (C=O) groups excluding carboxylic acids is 1. The highest BCUT2D eigenvalue weighted by atomic mass is 127. The lowest BCUT2D eigenvalue weighted by Gasteiger charge is -2.15. The van der Waals surface area contributed by atoms with Gasteiger partial charge in [-0.2, -0.15) is 0 Å². The largest absolute Gasteiger partial charge is 0.357 e. The van der Waals surface area contributed by atoms with Crippen LogP contribution in [0.1, 0.15) is 26.7 Å². The van der Waals surface area contributed by atoms with Crippen LogP contribution >= 0.6 is 24.0 Å². The molecule has 1 aliphatic rings. The van der Waals surface area contributed by atoms with Crippen molar-refractivity contribution in [2.24, 2.45) is 4.99 Å². The average molecular weight is 432 g/mol. The standard InChI is InChI=1S/C12H24N4O3S.HI/c1-3-6-14-11(17)8-15-12(13-4-2)16-10-5-7-20(18,19)9-10;/h10H,3-9H2,1-2H3,(H,14,17)(H2,13,15,16);1H. The van der Waals surface area contributed by atoms with E-state index in [4.69, 9.17) is 0 Å². The number of rotatable bonds is 6. The summed E-state index contributed by atoms with van der Waals surface area (Å²) in [4.78, 5) is 15.6. The summed E-state index contributed by atoms with van der Waals surface area (Å²) in [5.74, 6) is 0.685. The highest BCUT2D eigenvalue weighted by Gasteiger charge is 2.28. The van der Waals surface area contributed by atoms with Crippen LogP contribution < -0.4 is 16.0 Å². The second-order valence-corrected chi connectivity index (χ2v) is 7.02. The van der Waals surface area contributed by atoms with Gasteiger partial charge in [0.2, 0.25) is 5.91 Å². The molecule has 1 saturated heterocycles. The van der Waals surface area contributed by atoms with E-state index < -0.39 is 9.84 Å². The van der Waals surface area contributed by atoms with Gasteiger partial charge in [0.1, 0.15) is 6.54 Å². The molecule has 1 atom stereocenters. The third kappa shape index (κ3) is 8.44. The fraction of sp³-hybridized carbons (Fsp3) is 0.833. The molecule has 3 N–H and O–H groups in total. The Morgan fingerprint density at radius 2 is 2.00 bits per heavy atom. The summed E-state index contributed by atoms with van der Waals surface area (Å²) < 4.78 is 22.8. The smallest absolute Gasteiger partial charge is 0.241 e. The summed E-state index contributed by atoms with van der Waals surface area (Å²) in [5, 5.41) is 8.82. The van der Waals surface area contributed by atoms with Crippen LogP contribution in [0.2, 0.25) is 0 Å². The quantitative estimate of drug-likeness (QED) is 0.309. The van der Waals surface area contributed by atoms with Crippen molar-refractivity contribution in [2.45, 2.75) is 32.7 Å². The minimum absolute atomic E-state index is 0. The van der Waals surface area contributed by atoms with E-state index in [1.165, 1.54) is 0 Å². The van der Waals surface area contributed by atoms with Gasteiger partial charge in [-0.1, -0.05) is 6.92 Å². The minimum Gasteiger partial charge on any atom is -0.357 e. The van der Waals surface area contributed by atoms with Crippen molar-refractivity contribution in [2.75, 3.05) is 31.1 Å². The van der Waals surface area contributed by atoms with E-state index in [-0.39, 0.29) is 54.0 Å². The number of sulfone groups is 1. The molecule has 0 aliphatic carbocycles. The third-order valence-corrected chi connectivity index (χ3v) is 4.64. The summed E-state index contributed by atoms with van der Waals surface area (Å²) >= 11 is 0. The van der Waals surface area contributed by atoms with Crippen molar-refractivity contribution in [3.8, 4) is 0 Å². The monoisotopic (exact) mass is 432 g/mol. The molecule has 0 spiro atoms. The predicted octanol–water partition coefficient (Wildman–Crippen LogP) is -0.127. The molecule has 0 aromatic heterocycles. The maximum atomic E-state index is 11.5. The van der Waals surface area contributed by atoms with E-state index in [1.54, 1.807) is 0 Å². The molecule has 0 aromatic carbocycles. The fourth-order valence-electron chi connectivity index (χ4n) is 1.89. The molecule has 1 amide bonds. The number of guanidine groups is 1. The zero-order valence-electron chi connectivity index (χ0n) is 12.5. The maximum Gasteiger partial charge on any atom is 0.241 e. The number of nitrogens with zero attached hydrogens (tertiary/aromatic N) is 1. The minimum atomic E-state index is -2.92. The number of amides is 1. The Kier molecular flexibility index (Phi) is 9.92. The van der Waals surface area contributed by atoms with Gasteiger partial charge in [0, 0.05) is 19.1 Å². The normalized spacial score (nSPS) is 20.5. The highest BCUT2D eigenvalue weighted by molar-refractivity contribution is 14.0. The van der Waals surface area contributed by atoms with Gasteiger partial charge in [-0.3, -0.25) is 4.79 Å². The molecule has 1 heterocycles. The first-order chi connectivity index (χ1) is 9.46. The Bertz CT molecular complexity index is 453. The Morgan fingerprint density at radius 3 is 2.52 bits per heavy atom. The van der Waals surface area contributed by atoms with Gasteiger partial charge in [-0.25, -0.2) is 13.4 Å². The van der Waals surface area contributed by atoms with E-state index in [1.807, 2.05) is 13.8 Å². The van der Waals surface area contributed by atoms with Crippen molar-refractivity contribution in [1.29, 1.82) is 0 Å². The van der Waals surface area contributed by atoms with Crippen molar-refractivity contribution < 1.29 is 13.2 Å². The van der Waals surface area contributed by atoms with Crippen LogP contribution in [-0.2, 0) is 14.6 Å². The van der Waals surface area contributed by atoms with Crippen LogP contribution in [0.4, 0.5) is 0 Å². The molecule has 1 unspecified atom stereocenters. The van der Waals surface area contributed by atoms with Gasteiger partial charge < -0.3 is 16.0 Å². The van der Waals surface area contributed by atoms with E-state index in [0.717, 1.165) is 6.42 Å². The number of carbonyl (C=O) groups is 1. The molecule has 1 aliphatic heterocycles. The summed E-state index contributed by atoms with van der Waals surface area (Å²) in [6, 6.07) is -0.128. The molecule has 0 aromatic rings. The fourth-order valence-corrected chi connectivity index (χ4v) is 3.57. The van der Waals surface area contributed by atoms with Crippen LogP contribution in [0.3, 0.4) is 0 Å². The van der Waals surface area contributed by atoms with Crippen molar-refractivity contribution in [3.63, 3.8) is 0 Å². The Labute approximate surface area is 143 Å². The lowest BCUT2D eigenvalue weighted by molar-refractivity contribution is -0.119. The number of aliphatic imine (C=N–C) groups is 1. The number of nitrogens with one attached hydrogen (secondary N) is 3. The lowest BCUT2D eigenvalue weighted by atomic mass is 10.3. The van der Waals surface area contributed by atoms with E-state index in [0.29, 0.717) is 25.5 Å². The molecule has 0 bridgehead atoms. The molecule has 0 radical (unpaired) electrons. The van der Waals surface area contributed by atoms with Gasteiger partial charge in [0.15, 0.2) is 15.8 Å². The maximum absolute atomic E-state index is 11.5. The highest BCUT2D eigenvalue weighted by Crippen LogP contribution is 2.10. The van der Waals surface area contributed by atoms with Gasteiger partial charge in [-0.15, -0.1) is 24.0 Å². The molecule has 1 rings (SSSR count). The van der Waals surface area contributed by atoms with Crippen LogP contribution in [0.15, 0.2) is 4.99 Å². The predicted molar refractivity (Wildman–Crippen MR) is 94.9 cm³/mol. The number of hydrogen-bond acceptors (Lipinski definition) is 4. The van der Waals surface area contributed by atoms with E-state index in [9.17, 15) is 13.2 Å². The molecule has 7 nitrogen and oxygen atoms in total. The van der Waals surface area contributed by atoms with E-state index in [2.05, 4.69) is 20.9 Å². The van der Waals surface area contributed by atoms with E-state index >= 15 is 0 Å². The van der Waals surface area contributed by atoms with Crippen LogP contribution in [0.25, 0.3) is 0 Å². The van der Waals surface area contributed by atoms with Gasteiger partial charge in [0.25, 0.3) is 0 Å². The molecule has 124 valence electrons. The van der Waals surface area contributed by atoms with Crippen LogP contribution in [-0.4, -0.2) is 57.5 Å².